The fraction of sp³-hybridized carbons (Fsp3) is 0.500. The van der Waals surface area contributed by atoms with Gasteiger partial charge < -0.3 is 9.30 Å². The molecular formula is C14H19ClN2O. The lowest BCUT2D eigenvalue weighted by Crippen LogP contribution is -2.04. The molecule has 0 fully saturated rings. The molecule has 1 heterocycles. The monoisotopic (exact) mass is 266 g/mol. The van der Waals surface area contributed by atoms with Crippen molar-refractivity contribution < 1.29 is 4.74 Å². The summed E-state index contributed by atoms with van der Waals surface area (Å²) in [6.07, 6.45) is 2.29. The van der Waals surface area contributed by atoms with Gasteiger partial charge in [0.1, 0.15) is 11.6 Å². The second-order valence-electron chi connectivity index (χ2n) is 4.45. The van der Waals surface area contributed by atoms with Crippen LogP contribution in [0.5, 0.6) is 5.75 Å². The lowest BCUT2D eigenvalue weighted by molar-refractivity contribution is 0.415. The Morgan fingerprint density at radius 3 is 2.83 bits per heavy atom. The van der Waals surface area contributed by atoms with Crippen LogP contribution in [0.3, 0.4) is 0 Å². The van der Waals surface area contributed by atoms with Crippen LogP contribution in [0.4, 0.5) is 0 Å². The fourth-order valence-electron chi connectivity index (χ4n) is 2.11. The lowest BCUT2D eigenvalue weighted by atomic mass is 10.3. The quantitative estimate of drug-likeness (QED) is 0.761. The molecule has 2 aromatic rings. The number of nitrogens with zero attached hydrogens (tertiary/aromatic N) is 2. The first kappa shape index (κ1) is 13.2. The van der Waals surface area contributed by atoms with E-state index in [4.69, 9.17) is 16.3 Å². The number of methoxy groups -OCH3 is 1. The van der Waals surface area contributed by atoms with Crippen molar-refractivity contribution in [1.29, 1.82) is 0 Å². The van der Waals surface area contributed by atoms with E-state index >= 15 is 0 Å². The van der Waals surface area contributed by atoms with Crippen LogP contribution in [-0.2, 0) is 6.54 Å². The van der Waals surface area contributed by atoms with E-state index in [9.17, 15) is 0 Å². The first-order valence-corrected chi connectivity index (χ1v) is 6.79. The van der Waals surface area contributed by atoms with E-state index in [1.807, 2.05) is 19.1 Å². The zero-order valence-electron chi connectivity index (χ0n) is 11.1. The lowest BCUT2D eigenvalue weighted by Gasteiger charge is -2.09. The molecule has 4 heteroatoms. The van der Waals surface area contributed by atoms with Gasteiger partial charge in [-0.15, -0.1) is 11.6 Å². The van der Waals surface area contributed by atoms with E-state index in [2.05, 4.69) is 22.5 Å². The molecule has 0 saturated carbocycles. The molecule has 0 aliphatic heterocycles. The average Bonchev–Trinajstić information content (AvgIpc) is 2.74. The van der Waals surface area contributed by atoms with E-state index in [0.29, 0.717) is 0 Å². The second kappa shape index (κ2) is 5.61. The molecule has 0 radical (unpaired) electrons. The standard InChI is InChI=1S/C14H19ClN2O/c1-4-5-8-17-13-7-6-11(18-3)9-12(13)16-14(17)10(2)15/h6-7,9-10H,4-5,8H2,1-3H3. The van der Waals surface area contributed by atoms with Crippen molar-refractivity contribution in [3.63, 3.8) is 0 Å². The molecule has 0 saturated heterocycles. The van der Waals surface area contributed by atoms with E-state index in [1.165, 1.54) is 0 Å². The highest BCUT2D eigenvalue weighted by molar-refractivity contribution is 6.20. The van der Waals surface area contributed by atoms with Gasteiger partial charge in [-0.05, 0) is 25.5 Å². The maximum atomic E-state index is 6.22. The predicted octanol–water partition coefficient (Wildman–Crippen LogP) is 4.14. The van der Waals surface area contributed by atoms with E-state index in [1.54, 1.807) is 7.11 Å². The minimum Gasteiger partial charge on any atom is -0.497 e. The number of benzene rings is 1. The van der Waals surface area contributed by atoms with Gasteiger partial charge in [-0.25, -0.2) is 4.98 Å². The number of aromatic nitrogens is 2. The molecule has 0 aliphatic carbocycles. The molecule has 0 bridgehead atoms. The van der Waals surface area contributed by atoms with Gasteiger partial charge in [-0.3, -0.25) is 0 Å². The number of halogens is 1. The smallest absolute Gasteiger partial charge is 0.127 e. The molecule has 1 unspecified atom stereocenters. The van der Waals surface area contributed by atoms with Crippen molar-refractivity contribution in [2.75, 3.05) is 7.11 Å². The third-order valence-corrected chi connectivity index (χ3v) is 3.27. The van der Waals surface area contributed by atoms with Gasteiger partial charge in [0.25, 0.3) is 0 Å². The van der Waals surface area contributed by atoms with Crippen molar-refractivity contribution in [2.45, 2.75) is 38.6 Å². The predicted molar refractivity (Wildman–Crippen MR) is 75.5 cm³/mol. The van der Waals surface area contributed by atoms with Crippen LogP contribution in [-0.4, -0.2) is 16.7 Å². The van der Waals surface area contributed by atoms with Crippen LogP contribution in [0.25, 0.3) is 11.0 Å². The molecule has 0 amide bonds. The molecule has 98 valence electrons. The molecule has 18 heavy (non-hydrogen) atoms. The summed E-state index contributed by atoms with van der Waals surface area (Å²) in [5.74, 6) is 1.77. The highest BCUT2D eigenvalue weighted by atomic mass is 35.5. The van der Waals surface area contributed by atoms with E-state index < -0.39 is 0 Å². The average molecular weight is 267 g/mol. The fourth-order valence-corrected chi connectivity index (χ4v) is 2.28. The van der Waals surface area contributed by atoms with Crippen molar-refractivity contribution in [2.24, 2.45) is 0 Å². The maximum absolute atomic E-state index is 6.22. The Kier molecular flexibility index (Phi) is 4.12. The van der Waals surface area contributed by atoms with Gasteiger partial charge in [0, 0.05) is 12.6 Å². The summed E-state index contributed by atoms with van der Waals surface area (Å²) in [6.45, 7) is 5.11. The minimum atomic E-state index is -0.0831. The van der Waals surface area contributed by atoms with Gasteiger partial charge in [0.15, 0.2) is 0 Å². The minimum absolute atomic E-state index is 0.0831. The maximum Gasteiger partial charge on any atom is 0.127 e. The molecular weight excluding hydrogens is 248 g/mol. The molecule has 0 aliphatic rings. The van der Waals surface area contributed by atoms with Crippen molar-refractivity contribution >= 4 is 22.6 Å². The summed E-state index contributed by atoms with van der Waals surface area (Å²) < 4.78 is 7.45. The van der Waals surface area contributed by atoms with Crippen molar-refractivity contribution in [3.8, 4) is 5.75 Å². The van der Waals surface area contributed by atoms with Crippen LogP contribution in [0.1, 0.15) is 37.9 Å². The van der Waals surface area contributed by atoms with Gasteiger partial charge >= 0.3 is 0 Å². The Balaban J connectivity index is 2.52. The molecule has 1 aromatic carbocycles. The third-order valence-electron chi connectivity index (χ3n) is 3.08. The highest BCUT2D eigenvalue weighted by Gasteiger charge is 2.14. The van der Waals surface area contributed by atoms with E-state index in [-0.39, 0.29) is 5.38 Å². The van der Waals surface area contributed by atoms with Crippen molar-refractivity contribution in [3.05, 3.63) is 24.0 Å². The van der Waals surface area contributed by atoms with Crippen LogP contribution in [0, 0.1) is 0 Å². The number of hydrogen-bond donors (Lipinski definition) is 0. The van der Waals surface area contributed by atoms with Crippen LogP contribution >= 0.6 is 11.6 Å². The topological polar surface area (TPSA) is 27.1 Å². The number of aryl methyl sites for hydroxylation is 1. The first-order chi connectivity index (χ1) is 8.67. The van der Waals surface area contributed by atoms with Crippen molar-refractivity contribution in [1.82, 2.24) is 9.55 Å². The summed E-state index contributed by atoms with van der Waals surface area (Å²) in [7, 11) is 1.67. The van der Waals surface area contributed by atoms with E-state index in [0.717, 1.165) is 42.0 Å². The number of alkyl halides is 1. The number of unbranched alkanes of at least 4 members (excludes halogenated alkanes) is 1. The Morgan fingerprint density at radius 1 is 1.44 bits per heavy atom. The SMILES string of the molecule is CCCCn1c(C(C)Cl)nc2cc(OC)ccc21. The zero-order valence-corrected chi connectivity index (χ0v) is 11.9. The van der Waals surface area contributed by atoms with Crippen LogP contribution < -0.4 is 4.74 Å². The summed E-state index contributed by atoms with van der Waals surface area (Å²) in [6, 6.07) is 5.98. The molecule has 0 spiro atoms. The van der Waals surface area contributed by atoms with Gasteiger partial charge in [-0.2, -0.15) is 0 Å². The molecule has 1 atom stereocenters. The summed E-state index contributed by atoms with van der Waals surface area (Å²) >= 11 is 6.22. The van der Waals surface area contributed by atoms with Crippen LogP contribution in [0.15, 0.2) is 18.2 Å². The Labute approximate surface area is 113 Å². The number of ether oxygens (including phenoxy) is 1. The third kappa shape index (κ3) is 2.46. The Bertz CT molecular complexity index is 534. The zero-order chi connectivity index (χ0) is 13.1. The number of rotatable bonds is 5. The molecule has 1 aromatic heterocycles. The highest BCUT2D eigenvalue weighted by Crippen LogP contribution is 2.27. The number of imidazole rings is 1. The van der Waals surface area contributed by atoms with Gasteiger partial charge in [0.05, 0.1) is 23.5 Å². The van der Waals surface area contributed by atoms with Crippen LogP contribution in [0.2, 0.25) is 0 Å². The summed E-state index contributed by atoms with van der Waals surface area (Å²) in [4.78, 5) is 4.62. The Hall–Kier alpha value is -1.22. The molecule has 2 rings (SSSR count). The largest absolute Gasteiger partial charge is 0.497 e. The van der Waals surface area contributed by atoms with Gasteiger partial charge in [-0.1, -0.05) is 13.3 Å². The number of hydrogen-bond acceptors (Lipinski definition) is 2. The van der Waals surface area contributed by atoms with Gasteiger partial charge in [0.2, 0.25) is 0 Å². The number of fused-ring (bicyclic) bond motifs is 1. The Morgan fingerprint density at radius 2 is 2.22 bits per heavy atom. The normalized spacial score (nSPS) is 12.9. The summed E-state index contributed by atoms with van der Waals surface area (Å²) in [5, 5.41) is -0.0831. The molecule has 3 nitrogen and oxygen atoms in total. The first-order valence-electron chi connectivity index (χ1n) is 6.35. The second-order valence-corrected chi connectivity index (χ2v) is 5.10. The molecule has 0 N–H and O–H groups in total. The summed E-state index contributed by atoms with van der Waals surface area (Å²) in [5.41, 5.74) is 2.08.